The van der Waals surface area contributed by atoms with Crippen molar-refractivity contribution in [1.82, 2.24) is 4.90 Å². The fourth-order valence-corrected chi connectivity index (χ4v) is 2.15. The minimum atomic E-state index is -1.34. The Labute approximate surface area is 85.3 Å². The van der Waals surface area contributed by atoms with Crippen LogP contribution < -0.4 is 0 Å². The lowest BCUT2D eigenvalue weighted by atomic mass is 10.0. The zero-order valence-corrected chi connectivity index (χ0v) is 7.96. The SMILES string of the molecule is O[C@@H]1[C@H](O)[C@@H](O)N2C(=S)OC[C@@H](O)[C@H]12. The van der Waals surface area contributed by atoms with Gasteiger partial charge in [0.2, 0.25) is 0 Å². The van der Waals surface area contributed by atoms with Crippen LogP contribution in [0.15, 0.2) is 0 Å². The van der Waals surface area contributed by atoms with E-state index in [1.54, 1.807) is 0 Å². The van der Waals surface area contributed by atoms with Gasteiger partial charge in [0.1, 0.15) is 24.9 Å². The fourth-order valence-electron chi connectivity index (χ4n) is 1.86. The van der Waals surface area contributed by atoms with Crippen molar-refractivity contribution in [3.63, 3.8) is 0 Å². The zero-order chi connectivity index (χ0) is 10.5. The second-order valence-electron chi connectivity index (χ2n) is 3.44. The van der Waals surface area contributed by atoms with E-state index < -0.39 is 30.6 Å². The summed E-state index contributed by atoms with van der Waals surface area (Å²) < 4.78 is 4.90. The average molecular weight is 221 g/mol. The van der Waals surface area contributed by atoms with Crippen LogP contribution in [0.5, 0.6) is 0 Å². The van der Waals surface area contributed by atoms with Crippen molar-refractivity contribution < 1.29 is 25.2 Å². The van der Waals surface area contributed by atoms with Gasteiger partial charge in [-0.2, -0.15) is 0 Å². The first kappa shape index (κ1) is 10.1. The van der Waals surface area contributed by atoms with Crippen molar-refractivity contribution in [3.05, 3.63) is 0 Å². The minimum absolute atomic E-state index is 0.0107. The minimum Gasteiger partial charge on any atom is -0.468 e. The van der Waals surface area contributed by atoms with Crippen molar-refractivity contribution in [2.45, 2.75) is 30.6 Å². The summed E-state index contributed by atoms with van der Waals surface area (Å²) in [5.74, 6) is 0. The third-order valence-corrected chi connectivity index (χ3v) is 2.92. The van der Waals surface area contributed by atoms with Crippen LogP contribution in [0.25, 0.3) is 0 Å². The number of rotatable bonds is 0. The summed E-state index contributed by atoms with van der Waals surface area (Å²) >= 11 is 4.79. The summed E-state index contributed by atoms with van der Waals surface area (Å²) in [5.41, 5.74) is 0. The second kappa shape index (κ2) is 3.28. The molecule has 0 saturated carbocycles. The molecular weight excluding hydrogens is 210 g/mol. The van der Waals surface area contributed by atoms with E-state index in [1.807, 2.05) is 0 Å². The molecule has 7 heteroatoms. The number of fused-ring (bicyclic) bond motifs is 1. The van der Waals surface area contributed by atoms with Gasteiger partial charge in [0.15, 0.2) is 6.23 Å². The molecule has 2 heterocycles. The van der Waals surface area contributed by atoms with Crippen LogP contribution in [-0.2, 0) is 4.74 Å². The molecule has 2 fully saturated rings. The van der Waals surface area contributed by atoms with E-state index >= 15 is 0 Å². The summed E-state index contributed by atoms with van der Waals surface area (Å²) in [6.45, 7) is -0.0312. The van der Waals surface area contributed by atoms with Crippen molar-refractivity contribution in [2.75, 3.05) is 6.61 Å². The number of aliphatic hydroxyl groups excluding tert-OH is 4. The van der Waals surface area contributed by atoms with Gasteiger partial charge >= 0.3 is 0 Å². The Bertz CT molecular complexity index is 262. The molecule has 2 aliphatic heterocycles. The highest BCUT2D eigenvalue weighted by atomic mass is 32.1. The number of hydrogen-bond donors (Lipinski definition) is 4. The number of nitrogens with zero attached hydrogens (tertiary/aromatic N) is 1. The van der Waals surface area contributed by atoms with E-state index in [4.69, 9.17) is 17.0 Å². The molecule has 0 unspecified atom stereocenters. The topological polar surface area (TPSA) is 93.4 Å². The summed E-state index contributed by atoms with van der Waals surface area (Å²) in [7, 11) is 0. The standard InChI is InChI=1S/C7H11NO5S/c9-2-1-13-7(14)8-3(2)4(10)5(11)6(8)12/h2-6,9-12H,1H2/t2-,3-,4+,5+,6-/m1/s1. The Balaban J connectivity index is 2.29. The van der Waals surface area contributed by atoms with Crippen LogP contribution in [0, 0.1) is 0 Å². The van der Waals surface area contributed by atoms with Gasteiger partial charge in [-0.05, 0) is 12.2 Å². The Morgan fingerprint density at radius 1 is 1.21 bits per heavy atom. The maximum absolute atomic E-state index is 9.52. The highest BCUT2D eigenvalue weighted by molar-refractivity contribution is 7.80. The summed E-state index contributed by atoms with van der Waals surface area (Å²) in [5, 5.41) is 37.9. The molecule has 6 nitrogen and oxygen atoms in total. The Hall–Kier alpha value is -0.470. The molecule has 0 amide bonds. The maximum Gasteiger partial charge on any atom is 0.261 e. The van der Waals surface area contributed by atoms with Crippen LogP contribution in [0.4, 0.5) is 0 Å². The van der Waals surface area contributed by atoms with Crippen molar-refractivity contribution >= 4 is 17.4 Å². The lowest BCUT2D eigenvalue weighted by Gasteiger charge is -2.37. The van der Waals surface area contributed by atoms with E-state index in [0.717, 1.165) is 4.90 Å². The van der Waals surface area contributed by atoms with Gasteiger partial charge in [0.05, 0.1) is 6.04 Å². The predicted molar refractivity (Wildman–Crippen MR) is 48.2 cm³/mol. The maximum atomic E-state index is 9.52. The number of ether oxygens (including phenoxy) is 1. The first-order valence-corrected chi connectivity index (χ1v) is 4.62. The molecule has 2 saturated heterocycles. The third kappa shape index (κ3) is 1.21. The summed E-state index contributed by atoms with van der Waals surface area (Å²) in [6.07, 6.45) is -4.85. The molecule has 5 atom stereocenters. The van der Waals surface area contributed by atoms with E-state index in [0.29, 0.717) is 0 Å². The molecule has 0 aromatic carbocycles. The van der Waals surface area contributed by atoms with Crippen LogP contribution in [-0.4, -0.2) is 67.7 Å². The molecule has 80 valence electrons. The highest BCUT2D eigenvalue weighted by Crippen LogP contribution is 2.29. The van der Waals surface area contributed by atoms with Crippen molar-refractivity contribution in [2.24, 2.45) is 0 Å². The average Bonchev–Trinajstić information content (AvgIpc) is 2.38. The van der Waals surface area contributed by atoms with Gasteiger partial charge in [-0.1, -0.05) is 0 Å². The van der Waals surface area contributed by atoms with Gasteiger partial charge in [0, 0.05) is 0 Å². The largest absolute Gasteiger partial charge is 0.468 e. The van der Waals surface area contributed by atoms with Crippen LogP contribution >= 0.6 is 12.2 Å². The first-order valence-electron chi connectivity index (χ1n) is 4.21. The number of hydrogen-bond acceptors (Lipinski definition) is 6. The monoisotopic (exact) mass is 221 g/mol. The number of thiocarbonyl (C=S) groups is 1. The molecule has 4 N–H and O–H groups in total. The molecule has 0 radical (unpaired) electrons. The fraction of sp³-hybridized carbons (Fsp3) is 0.857. The summed E-state index contributed by atoms with van der Waals surface area (Å²) in [6, 6.07) is -0.791. The van der Waals surface area contributed by atoms with Gasteiger partial charge in [-0.3, -0.25) is 4.90 Å². The lowest BCUT2D eigenvalue weighted by Crippen LogP contribution is -2.55. The Morgan fingerprint density at radius 3 is 2.43 bits per heavy atom. The smallest absolute Gasteiger partial charge is 0.261 e. The van der Waals surface area contributed by atoms with E-state index in [2.05, 4.69) is 0 Å². The zero-order valence-electron chi connectivity index (χ0n) is 7.15. The molecule has 2 rings (SSSR count). The lowest BCUT2D eigenvalue weighted by molar-refractivity contribution is -0.0573. The van der Waals surface area contributed by atoms with Gasteiger partial charge in [-0.25, -0.2) is 0 Å². The van der Waals surface area contributed by atoms with Crippen molar-refractivity contribution in [1.29, 1.82) is 0 Å². The quantitative estimate of drug-likeness (QED) is 0.333. The van der Waals surface area contributed by atoms with Crippen LogP contribution in [0.2, 0.25) is 0 Å². The molecule has 0 aliphatic carbocycles. The van der Waals surface area contributed by atoms with Crippen LogP contribution in [0.3, 0.4) is 0 Å². The molecular formula is C7H11NO5S. The predicted octanol–water partition coefficient (Wildman–Crippen LogP) is -2.61. The molecule has 14 heavy (non-hydrogen) atoms. The molecule has 0 bridgehead atoms. The Morgan fingerprint density at radius 2 is 1.86 bits per heavy atom. The van der Waals surface area contributed by atoms with Gasteiger partial charge in [0.25, 0.3) is 5.17 Å². The Kier molecular flexibility index (Phi) is 2.36. The van der Waals surface area contributed by atoms with E-state index in [9.17, 15) is 20.4 Å². The van der Waals surface area contributed by atoms with Crippen molar-refractivity contribution in [3.8, 4) is 0 Å². The number of aliphatic hydroxyl groups is 4. The second-order valence-corrected chi connectivity index (χ2v) is 3.79. The van der Waals surface area contributed by atoms with Gasteiger partial charge < -0.3 is 25.2 Å². The molecule has 0 spiro atoms. The third-order valence-electron chi connectivity index (χ3n) is 2.59. The highest BCUT2D eigenvalue weighted by Gasteiger charge is 2.53. The molecule has 0 aromatic rings. The van der Waals surface area contributed by atoms with Crippen LogP contribution in [0.1, 0.15) is 0 Å². The molecule has 2 aliphatic rings. The first-order chi connectivity index (χ1) is 6.54. The summed E-state index contributed by atoms with van der Waals surface area (Å²) in [4.78, 5) is 1.12. The normalized spacial score (nSPS) is 47.6. The van der Waals surface area contributed by atoms with Gasteiger partial charge in [-0.15, -0.1) is 0 Å². The molecule has 0 aromatic heterocycles. The van der Waals surface area contributed by atoms with E-state index in [-0.39, 0.29) is 11.8 Å². The van der Waals surface area contributed by atoms with E-state index in [1.165, 1.54) is 0 Å².